The molecule has 7 nitrogen and oxygen atoms in total. The number of rotatable bonds is 9. The van der Waals surface area contributed by atoms with E-state index in [1.54, 1.807) is 60.7 Å². The first-order valence-electron chi connectivity index (χ1n) is 8.26. The molecule has 2 aromatic rings. The van der Waals surface area contributed by atoms with E-state index in [9.17, 15) is 14.7 Å². The van der Waals surface area contributed by atoms with Gasteiger partial charge in [0.1, 0.15) is 6.10 Å². The number of hydrogen-bond donors (Lipinski definition) is 2. The fourth-order valence-corrected chi connectivity index (χ4v) is 2.36. The molecule has 0 bridgehead atoms. The number of nitrogens with one attached hydrogen (secondary N) is 1. The molecule has 0 fully saturated rings. The molecule has 0 aliphatic carbocycles. The van der Waals surface area contributed by atoms with Gasteiger partial charge >= 0.3 is 11.9 Å². The Balaban J connectivity index is 2.18. The number of benzene rings is 2. The molecular formula is C19H20BNO6. The summed E-state index contributed by atoms with van der Waals surface area (Å²) >= 11 is 0. The molecule has 0 spiro atoms. The van der Waals surface area contributed by atoms with Crippen molar-refractivity contribution < 1.29 is 28.8 Å². The van der Waals surface area contributed by atoms with Crippen LogP contribution >= 0.6 is 0 Å². The second-order valence-electron chi connectivity index (χ2n) is 5.66. The molecule has 0 amide bonds. The predicted octanol–water partition coefficient (Wildman–Crippen LogP) is 1.01. The lowest BCUT2D eigenvalue weighted by atomic mass is 10.1. The minimum atomic E-state index is -1.30. The average molecular weight is 369 g/mol. The molecule has 8 heteroatoms. The van der Waals surface area contributed by atoms with Crippen molar-refractivity contribution in [2.45, 2.75) is 18.3 Å². The van der Waals surface area contributed by atoms with Gasteiger partial charge in [-0.15, -0.1) is 0 Å². The van der Waals surface area contributed by atoms with Gasteiger partial charge in [0.25, 0.3) is 8.05 Å². The Morgan fingerprint density at radius 1 is 0.963 bits per heavy atom. The number of ether oxygens (including phenoxy) is 2. The van der Waals surface area contributed by atoms with Gasteiger partial charge in [-0.3, -0.25) is 0 Å². The lowest BCUT2D eigenvalue weighted by Gasteiger charge is -2.28. The highest BCUT2D eigenvalue weighted by Crippen LogP contribution is 2.14. The van der Waals surface area contributed by atoms with Crippen molar-refractivity contribution in [1.82, 2.24) is 0 Å². The van der Waals surface area contributed by atoms with Gasteiger partial charge in [0, 0.05) is 6.21 Å². The quantitative estimate of drug-likeness (QED) is 0.388. The molecule has 0 unspecified atom stereocenters. The molecule has 0 saturated carbocycles. The number of carbonyl (C=O) groups excluding carboxylic acids is 2. The zero-order valence-electron chi connectivity index (χ0n) is 14.8. The van der Waals surface area contributed by atoms with Crippen molar-refractivity contribution in [3.8, 4) is 0 Å². The van der Waals surface area contributed by atoms with Crippen LogP contribution in [0.1, 0.15) is 20.7 Å². The summed E-state index contributed by atoms with van der Waals surface area (Å²) in [4.78, 5) is 24.6. The maximum atomic E-state index is 12.4. The maximum absolute atomic E-state index is 12.4. The lowest BCUT2D eigenvalue weighted by Crippen LogP contribution is -2.46. The van der Waals surface area contributed by atoms with Crippen molar-refractivity contribution in [3.63, 3.8) is 0 Å². The summed E-state index contributed by atoms with van der Waals surface area (Å²) in [6, 6.07) is 16.4. The monoisotopic (exact) mass is 369 g/mol. The smallest absolute Gasteiger partial charge is 0.338 e. The summed E-state index contributed by atoms with van der Waals surface area (Å²) in [5.74, 6) is -1.41. The molecule has 0 radical (unpaired) electrons. The number of aliphatic hydroxyl groups excluding tert-OH is 1. The van der Waals surface area contributed by atoms with Crippen LogP contribution in [0.3, 0.4) is 0 Å². The molecule has 2 N–H and O–H groups in total. The zero-order chi connectivity index (χ0) is 19.6. The fraction of sp³-hybridized carbons (Fsp3) is 0.211. The Hall–Kier alpha value is -2.97. The molecule has 3 atom stereocenters. The van der Waals surface area contributed by atoms with Crippen LogP contribution in [0, 0.1) is 5.41 Å². The summed E-state index contributed by atoms with van der Waals surface area (Å²) < 4.78 is 15.5. The Bertz CT molecular complexity index is 755. The highest BCUT2D eigenvalue weighted by atomic mass is 16.6. The molecule has 0 aromatic heterocycles. The van der Waals surface area contributed by atoms with Crippen molar-refractivity contribution in [2.75, 3.05) is 6.61 Å². The van der Waals surface area contributed by atoms with Crippen LogP contribution in [0.25, 0.3) is 0 Å². The standard InChI is InChI=1S/C19H20BNO6/c20-25-12-15(22)17(27-19(24)14-9-5-2-6-10-14)16(11-21)26-18(23)13-7-3-1-4-8-13/h1-11,15-17,21-22H,12,20H2/t15-,16+,17-/m1/s1. The molecule has 0 aliphatic rings. The van der Waals surface area contributed by atoms with E-state index in [-0.39, 0.29) is 17.7 Å². The normalized spacial score (nSPS) is 13.8. The molecule has 140 valence electrons. The van der Waals surface area contributed by atoms with Gasteiger partial charge < -0.3 is 24.6 Å². The van der Waals surface area contributed by atoms with Crippen molar-refractivity contribution in [3.05, 3.63) is 71.8 Å². The van der Waals surface area contributed by atoms with E-state index in [1.165, 1.54) is 8.05 Å². The van der Waals surface area contributed by atoms with Gasteiger partial charge in [0.05, 0.1) is 17.7 Å². The van der Waals surface area contributed by atoms with Gasteiger partial charge in [0.15, 0.2) is 12.2 Å². The number of aliphatic hydroxyl groups is 1. The van der Waals surface area contributed by atoms with Crippen LogP contribution in [-0.2, 0) is 14.1 Å². The van der Waals surface area contributed by atoms with Crippen molar-refractivity contribution >= 4 is 26.2 Å². The van der Waals surface area contributed by atoms with Crippen LogP contribution in [0.4, 0.5) is 0 Å². The van der Waals surface area contributed by atoms with Crippen LogP contribution < -0.4 is 0 Å². The Morgan fingerprint density at radius 2 is 1.44 bits per heavy atom. The fourth-order valence-electron chi connectivity index (χ4n) is 2.36. The van der Waals surface area contributed by atoms with Crippen molar-refractivity contribution in [1.29, 1.82) is 5.41 Å². The molecule has 27 heavy (non-hydrogen) atoms. The highest BCUT2D eigenvalue weighted by molar-refractivity contribution is 5.98. The second kappa shape index (κ2) is 10.2. The number of hydrogen-bond acceptors (Lipinski definition) is 7. The summed E-state index contributed by atoms with van der Waals surface area (Å²) in [5, 5.41) is 17.9. The molecular weight excluding hydrogens is 349 g/mol. The molecule has 0 saturated heterocycles. The maximum Gasteiger partial charge on any atom is 0.338 e. The Kier molecular flexibility index (Phi) is 7.72. The van der Waals surface area contributed by atoms with Gasteiger partial charge in [0.2, 0.25) is 0 Å². The second-order valence-corrected chi connectivity index (χ2v) is 5.66. The van der Waals surface area contributed by atoms with Crippen LogP contribution in [0.15, 0.2) is 60.7 Å². The molecule has 0 aliphatic heterocycles. The van der Waals surface area contributed by atoms with E-state index in [0.717, 1.165) is 6.21 Å². The SMILES string of the molecule is BOC[C@@H](O)[C@@H](OC(=O)c1ccccc1)[C@H](C=N)OC(=O)c1ccccc1. The molecule has 0 heterocycles. The van der Waals surface area contributed by atoms with Crippen molar-refractivity contribution in [2.24, 2.45) is 0 Å². The van der Waals surface area contributed by atoms with E-state index in [2.05, 4.69) is 0 Å². The molecule has 2 rings (SSSR count). The summed E-state index contributed by atoms with van der Waals surface area (Å²) in [7, 11) is 1.37. The average Bonchev–Trinajstić information content (AvgIpc) is 2.71. The van der Waals surface area contributed by atoms with Gasteiger partial charge in [-0.25, -0.2) is 9.59 Å². The van der Waals surface area contributed by atoms with Crippen LogP contribution in [0.2, 0.25) is 0 Å². The van der Waals surface area contributed by atoms with E-state index in [0.29, 0.717) is 0 Å². The predicted molar refractivity (Wildman–Crippen MR) is 101 cm³/mol. The summed E-state index contributed by atoms with van der Waals surface area (Å²) in [5.41, 5.74) is 0.545. The first kappa shape index (κ1) is 20.3. The van der Waals surface area contributed by atoms with E-state index >= 15 is 0 Å². The van der Waals surface area contributed by atoms with E-state index in [4.69, 9.17) is 19.5 Å². The number of carbonyl (C=O) groups is 2. The van der Waals surface area contributed by atoms with Gasteiger partial charge in [-0.2, -0.15) is 0 Å². The third-order valence-corrected chi connectivity index (χ3v) is 3.71. The number of esters is 2. The Morgan fingerprint density at radius 3 is 1.89 bits per heavy atom. The zero-order valence-corrected chi connectivity index (χ0v) is 14.8. The summed E-state index contributed by atoms with van der Waals surface area (Å²) in [6.45, 7) is -0.167. The third kappa shape index (κ3) is 5.77. The summed E-state index contributed by atoms with van der Waals surface area (Å²) in [6.07, 6.45) is -3.07. The van der Waals surface area contributed by atoms with E-state index in [1.807, 2.05) is 0 Å². The van der Waals surface area contributed by atoms with Gasteiger partial charge in [-0.1, -0.05) is 36.4 Å². The van der Waals surface area contributed by atoms with Gasteiger partial charge in [-0.05, 0) is 24.3 Å². The van der Waals surface area contributed by atoms with E-state index < -0.39 is 30.3 Å². The molecule has 2 aromatic carbocycles. The minimum absolute atomic E-state index is 0.167. The highest BCUT2D eigenvalue weighted by Gasteiger charge is 2.34. The Labute approximate surface area is 157 Å². The minimum Gasteiger partial charge on any atom is -0.452 e. The largest absolute Gasteiger partial charge is 0.452 e. The third-order valence-electron chi connectivity index (χ3n) is 3.71. The first-order chi connectivity index (χ1) is 13.1. The van der Waals surface area contributed by atoms with Crippen LogP contribution in [-0.4, -0.2) is 56.2 Å². The first-order valence-corrected chi connectivity index (χ1v) is 8.26. The lowest BCUT2D eigenvalue weighted by molar-refractivity contribution is -0.0716. The topological polar surface area (TPSA) is 106 Å². The van der Waals surface area contributed by atoms with Crippen LogP contribution in [0.5, 0.6) is 0 Å².